The number of aliphatic hydroxyl groups excluding tert-OH is 1. The molecule has 0 saturated heterocycles. The second kappa shape index (κ2) is 4.44. The van der Waals surface area contributed by atoms with Gasteiger partial charge in [-0.1, -0.05) is 19.9 Å². The van der Waals surface area contributed by atoms with E-state index in [4.69, 9.17) is 14.9 Å². The lowest BCUT2D eigenvalue weighted by atomic mass is 10.00. The van der Waals surface area contributed by atoms with Crippen molar-refractivity contribution in [1.82, 2.24) is 0 Å². The summed E-state index contributed by atoms with van der Waals surface area (Å²) in [6, 6.07) is 5.44. The van der Waals surface area contributed by atoms with Crippen LogP contribution in [0.4, 0.5) is 0 Å². The molecule has 0 heterocycles. The molecule has 0 aromatic heterocycles. The summed E-state index contributed by atoms with van der Waals surface area (Å²) >= 11 is 0. The van der Waals surface area contributed by atoms with Crippen LogP contribution in [-0.4, -0.2) is 17.3 Å². The van der Waals surface area contributed by atoms with Crippen LogP contribution in [0.15, 0.2) is 18.2 Å². The Labute approximate surface area is 84.0 Å². The maximum Gasteiger partial charge on any atom is 0.182 e. The molecule has 3 heteroatoms. The van der Waals surface area contributed by atoms with Gasteiger partial charge in [0, 0.05) is 5.56 Å². The summed E-state index contributed by atoms with van der Waals surface area (Å²) in [4.78, 5) is 0. The van der Waals surface area contributed by atoms with Crippen molar-refractivity contribution in [3.8, 4) is 5.75 Å². The third-order valence-corrected chi connectivity index (χ3v) is 2.20. The molecule has 14 heavy (non-hydrogen) atoms. The van der Waals surface area contributed by atoms with Crippen molar-refractivity contribution in [2.24, 2.45) is 0 Å². The Balaban J connectivity index is 3.14. The molecule has 0 atom stereocenters. The van der Waals surface area contributed by atoms with Gasteiger partial charge in [-0.15, -0.1) is 0 Å². The van der Waals surface area contributed by atoms with Gasteiger partial charge in [-0.05, 0) is 23.6 Å². The molecule has 2 N–H and O–H groups in total. The SMILES string of the molecule is COc1ccc(C(C)C)cc1C(O)O. The van der Waals surface area contributed by atoms with Crippen molar-refractivity contribution >= 4 is 0 Å². The molecular formula is C11H16O3. The Morgan fingerprint density at radius 1 is 1.21 bits per heavy atom. The van der Waals surface area contributed by atoms with Crippen molar-refractivity contribution in [2.45, 2.75) is 26.1 Å². The smallest absolute Gasteiger partial charge is 0.182 e. The van der Waals surface area contributed by atoms with Gasteiger partial charge in [-0.2, -0.15) is 0 Å². The predicted octanol–water partition coefficient (Wildman–Crippen LogP) is 1.80. The van der Waals surface area contributed by atoms with Crippen molar-refractivity contribution in [3.05, 3.63) is 29.3 Å². The van der Waals surface area contributed by atoms with E-state index in [1.807, 2.05) is 6.07 Å². The van der Waals surface area contributed by atoms with Crippen LogP contribution in [0, 0.1) is 0 Å². The lowest BCUT2D eigenvalue weighted by molar-refractivity contribution is -0.0439. The van der Waals surface area contributed by atoms with Gasteiger partial charge in [-0.3, -0.25) is 0 Å². The first-order valence-electron chi connectivity index (χ1n) is 4.60. The molecule has 0 aliphatic carbocycles. The minimum Gasteiger partial charge on any atom is -0.496 e. The van der Waals surface area contributed by atoms with Gasteiger partial charge in [0.1, 0.15) is 5.75 Å². The van der Waals surface area contributed by atoms with Gasteiger partial charge >= 0.3 is 0 Å². The lowest BCUT2D eigenvalue weighted by Crippen LogP contribution is -2.01. The zero-order chi connectivity index (χ0) is 10.7. The minimum absolute atomic E-state index is 0.360. The molecule has 1 rings (SSSR count). The van der Waals surface area contributed by atoms with Crippen molar-refractivity contribution in [3.63, 3.8) is 0 Å². The second-order valence-electron chi connectivity index (χ2n) is 3.53. The standard InChI is InChI=1S/C11H16O3/c1-7(2)8-4-5-10(14-3)9(6-8)11(12)13/h4-7,11-13H,1-3H3. The van der Waals surface area contributed by atoms with E-state index in [0.717, 1.165) is 5.56 Å². The molecule has 0 amide bonds. The number of benzene rings is 1. The van der Waals surface area contributed by atoms with Crippen LogP contribution in [0.3, 0.4) is 0 Å². The number of hydrogen-bond donors (Lipinski definition) is 2. The van der Waals surface area contributed by atoms with Crippen LogP contribution < -0.4 is 4.74 Å². The Bertz CT molecular complexity index is 305. The molecule has 0 aliphatic rings. The maximum absolute atomic E-state index is 9.12. The highest BCUT2D eigenvalue weighted by Gasteiger charge is 2.11. The number of ether oxygens (including phenoxy) is 1. The molecule has 78 valence electrons. The van der Waals surface area contributed by atoms with Crippen LogP contribution in [0.5, 0.6) is 5.75 Å². The number of aliphatic hydroxyl groups is 2. The summed E-state index contributed by atoms with van der Waals surface area (Å²) in [7, 11) is 1.51. The number of rotatable bonds is 3. The van der Waals surface area contributed by atoms with Crippen LogP contribution in [0.1, 0.15) is 37.2 Å². The zero-order valence-corrected chi connectivity index (χ0v) is 8.69. The monoisotopic (exact) mass is 196 g/mol. The van der Waals surface area contributed by atoms with Crippen LogP contribution in [0.2, 0.25) is 0 Å². The highest BCUT2D eigenvalue weighted by Crippen LogP contribution is 2.27. The van der Waals surface area contributed by atoms with Gasteiger partial charge in [0.05, 0.1) is 7.11 Å². The highest BCUT2D eigenvalue weighted by molar-refractivity contribution is 5.38. The summed E-state index contributed by atoms with van der Waals surface area (Å²) in [5.41, 5.74) is 1.48. The molecule has 0 fully saturated rings. The van der Waals surface area contributed by atoms with Crippen molar-refractivity contribution in [2.75, 3.05) is 7.11 Å². The van der Waals surface area contributed by atoms with E-state index in [-0.39, 0.29) is 0 Å². The van der Waals surface area contributed by atoms with E-state index in [1.165, 1.54) is 7.11 Å². The Hall–Kier alpha value is -1.06. The van der Waals surface area contributed by atoms with Gasteiger partial charge in [0.15, 0.2) is 6.29 Å². The summed E-state index contributed by atoms with van der Waals surface area (Å²) in [5, 5.41) is 18.2. The minimum atomic E-state index is -1.48. The van der Waals surface area contributed by atoms with E-state index in [2.05, 4.69) is 13.8 Å². The van der Waals surface area contributed by atoms with Gasteiger partial charge in [-0.25, -0.2) is 0 Å². The molecule has 1 aromatic rings. The quantitative estimate of drug-likeness (QED) is 0.725. The first-order chi connectivity index (χ1) is 6.56. The van der Waals surface area contributed by atoms with Gasteiger partial charge in [0.2, 0.25) is 0 Å². The molecule has 0 unspecified atom stereocenters. The second-order valence-corrected chi connectivity index (χ2v) is 3.53. The largest absolute Gasteiger partial charge is 0.496 e. The maximum atomic E-state index is 9.12. The number of methoxy groups -OCH3 is 1. The topological polar surface area (TPSA) is 49.7 Å². The van der Waals surface area contributed by atoms with E-state index in [9.17, 15) is 0 Å². The average molecular weight is 196 g/mol. The molecular weight excluding hydrogens is 180 g/mol. The fourth-order valence-corrected chi connectivity index (χ4v) is 1.31. The van der Waals surface area contributed by atoms with E-state index in [1.54, 1.807) is 12.1 Å². The van der Waals surface area contributed by atoms with Gasteiger partial charge in [0.25, 0.3) is 0 Å². The van der Waals surface area contributed by atoms with E-state index < -0.39 is 6.29 Å². The molecule has 0 saturated carbocycles. The van der Waals surface area contributed by atoms with Crippen LogP contribution in [-0.2, 0) is 0 Å². The Morgan fingerprint density at radius 3 is 2.29 bits per heavy atom. The predicted molar refractivity (Wildman–Crippen MR) is 54.3 cm³/mol. The highest BCUT2D eigenvalue weighted by atomic mass is 16.5. The summed E-state index contributed by atoms with van der Waals surface area (Å²) in [6.07, 6.45) is -1.48. The lowest BCUT2D eigenvalue weighted by Gasteiger charge is -2.13. The third-order valence-electron chi connectivity index (χ3n) is 2.20. The van der Waals surface area contributed by atoms with E-state index in [0.29, 0.717) is 17.2 Å². The molecule has 0 spiro atoms. The van der Waals surface area contributed by atoms with Crippen molar-refractivity contribution < 1.29 is 14.9 Å². The van der Waals surface area contributed by atoms with E-state index >= 15 is 0 Å². The first kappa shape index (κ1) is 11.0. The normalized spacial score (nSPS) is 11.1. The summed E-state index contributed by atoms with van der Waals surface area (Å²) < 4.78 is 5.02. The molecule has 1 aromatic carbocycles. The Kier molecular flexibility index (Phi) is 3.49. The molecule has 0 radical (unpaired) electrons. The van der Waals surface area contributed by atoms with Gasteiger partial charge < -0.3 is 14.9 Å². The van der Waals surface area contributed by atoms with Crippen molar-refractivity contribution in [1.29, 1.82) is 0 Å². The molecule has 3 nitrogen and oxygen atoms in total. The molecule has 0 bridgehead atoms. The summed E-state index contributed by atoms with van der Waals surface area (Å²) in [6.45, 7) is 4.10. The zero-order valence-electron chi connectivity index (χ0n) is 8.69. The fraction of sp³-hybridized carbons (Fsp3) is 0.455. The Morgan fingerprint density at radius 2 is 1.86 bits per heavy atom. The van der Waals surface area contributed by atoms with Crippen LogP contribution >= 0.6 is 0 Å². The first-order valence-corrected chi connectivity index (χ1v) is 4.60. The summed E-state index contributed by atoms with van der Waals surface area (Å²) in [5.74, 6) is 0.864. The van der Waals surface area contributed by atoms with Crippen LogP contribution in [0.25, 0.3) is 0 Å². The average Bonchev–Trinajstić information content (AvgIpc) is 2.16. The fourth-order valence-electron chi connectivity index (χ4n) is 1.31. The number of hydrogen-bond acceptors (Lipinski definition) is 3. The third kappa shape index (κ3) is 2.25. The molecule has 0 aliphatic heterocycles.